The van der Waals surface area contributed by atoms with Crippen molar-refractivity contribution in [1.82, 2.24) is 0 Å². The van der Waals surface area contributed by atoms with E-state index in [1.54, 1.807) is 0 Å². The van der Waals surface area contributed by atoms with Crippen molar-refractivity contribution in [2.75, 3.05) is 0 Å². The molecule has 1 atom stereocenters. The summed E-state index contributed by atoms with van der Waals surface area (Å²) in [6.07, 6.45) is 8.98. The summed E-state index contributed by atoms with van der Waals surface area (Å²) in [5.41, 5.74) is 2.84. The van der Waals surface area contributed by atoms with Gasteiger partial charge in [-0.25, -0.2) is 0 Å². The maximum atomic E-state index is 2.27. The highest BCUT2D eigenvalue weighted by atomic mass is 14.1. The molecule has 0 amide bonds. The maximum absolute atomic E-state index is 2.27. The van der Waals surface area contributed by atoms with Gasteiger partial charge in [0.1, 0.15) is 0 Å². The SMILES string of the molecule is C/C=C(\C=C/CC)C(CC)c1ccccc1. The summed E-state index contributed by atoms with van der Waals surface area (Å²) < 4.78 is 0. The average molecular weight is 214 g/mol. The van der Waals surface area contributed by atoms with Crippen molar-refractivity contribution in [1.29, 1.82) is 0 Å². The Kier molecular flexibility index (Phi) is 5.63. The predicted molar refractivity (Wildman–Crippen MR) is 72.7 cm³/mol. The van der Waals surface area contributed by atoms with Gasteiger partial charge in [-0.05, 0) is 30.9 Å². The number of hydrogen-bond donors (Lipinski definition) is 0. The Labute approximate surface area is 99.7 Å². The Morgan fingerprint density at radius 2 is 1.88 bits per heavy atom. The highest BCUT2D eigenvalue weighted by molar-refractivity contribution is 5.34. The lowest BCUT2D eigenvalue weighted by atomic mass is 9.88. The fourth-order valence-electron chi connectivity index (χ4n) is 2.02. The summed E-state index contributed by atoms with van der Waals surface area (Å²) >= 11 is 0. The van der Waals surface area contributed by atoms with Crippen molar-refractivity contribution in [3.05, 3.63) is 59.7 Å². The van der Waals surface area contributed by atoms with Crippen LogP contribution in [0.4, 0.5) is 0 Å². The van der Waals surface area contributed by atoms with Gasteiger partial charge in [0.25, 0.3) is 0 Å². The van der Waals surface area contributed by atoms with Gasteiger partial charge in [0.2, 0.25) is 0 Å². The lowest BCUT2D eigenvalue weighted by molar-refractivity contribution is 0.774. The second-order valence-corrected chi connectivity index (χ2v) is 3.97. The molecular formula is C16H22. The van der Waals surface area contributed by atoms with Crippen LogP contribution in [-0.4, -0.2) is 0 Å². The standard InChI is InChI=1S/C16H22/c1-4-7-11-14(5-2)16(6-3)15-12-9-8-10-13-15/h5,7-13,16H,4,6H2,1-3H3/b11-7-,14-5+. The number of benzene rings is 1. The molecule has 0 heteroatoms. The van der Waals surface area contributed by atoms with E-state index in [1.807, 2.05) is 0 Å². The highest BCUT2D eigenvalue weighted by Gasteiger charge is 2.11. The van der Waals surface area contributed by atoms with Crippen molar-refractivity contribution in [2.45, 2.75) is 39.5 Å². The smallest absolute Gasteiger partial charge is 0.00833 e. The summed E-state index contributed by atoms with van der Waals surface area (Å²) in [4.78, 5) is 0. The minimum Gasteiger partial charge on any atom is -0.0845 e. The molecule has 0 aliphatic heterocycles. The molecule has 86 valence electrons. The molecule has 0 N–H and O–H groups in total. The first kappa shape index (κ1) is 12.8. The van der Waals surface area contributed by atoms with Crippen LogP contribution in [0, 0.1) is 0 Å². The van der Waals surface area contributed by atoms with E-state index in [-0.39, 0.29) is 0 Å². The lowest BCUT2D eigenvalue weighted by Crippen LogP contribution is -1.99. The van der Waals surface area contributed by atoms with Crippen LogP contribution in [0.3, 0.4) is 0 Å². The van der Waals surface area contributed by atoms with Gasteiger partial charge in [-0.2, -0.15) is 0 Å². The minimum atomic E-state index is 0.536. The minimum absolute atomic E-state index is 0.536. The Hall–Kier alpha value is -1.30. The van der Waals surface area contributed by atoms with Crippen molar-refractivity contribution in [3.8, 4) is 0 Å². The first-order chi connectivity index (χ1) is 7.83. The third kappa shape index (κ3) is 3.37. The molecule has 0 radical (unpaired) electrons. The van der Waals surface area contributed by atoms with Gasteiger partial charge in [-0.15, -0.1) is 0 Å². The molecule has 1 aromatic carbocycles. The zero-order chi connectivity index (χ0) is 11.8. The van der Waals surface area contributed by atoms with Crippen LogP contribution in [0.1, 0.15) is 45.1 Å². The molecule has 0 bridgehead atoms. The Bertz CT molecular complexity index is 344. The fourth-order valence-corrected chi connectivity index (χ4v) is 2.02. The largest absolute Gasteiger partial charge is 0.0845 e. The predicted octanol–water partition coefficient (Wildman–Crippen LogP) is 5.09. The first-order valence-corrected chi connectivity index (χ1v) is 6.21. The normalized spacial score (nSPS) is 14.3. The van der Waals surface area contributed by atoms with Crippen molar-refractivity contribution >= 4 is 0 Å². The maximum Gasteiger partial charge on any atom is 0.00833 e. The van der Waals surface area contributed by atoms with Gasteiger partial charge < -0.3 is 0 Å². The molecule has 1 unspecified atom stereocenters. The van der Waals surface area contributed by atoms with Gasteiger partial charge in [0.05, 0.1) is 0 Å². The second-order valence-electron chi connectivity index (χ2n) is 3.97. The molecule has 0 aliphatic carbocycles. The van der Waals surface area contributed by atoms with Gasteiger partial charge in [0, 0.05) is 5.92 Å². The number of hydrogen-bond acceptors (Lipinski definition) is 0. The van der Waals surface area contributed by atoms with Crippen LogP contribution >= 0.6 is 0 Å². The summed E-state index contributed by atoms with van der Waals surface area (Å²) in [6.45, 7) is 6.55. The van der Waals surface area contributed by atoms with E-state index in [9.17, 15) is 0 Å². The van der Waals surface area contributed by atoms with E-state index in [2.05, 4.69) is 69.3 Å². The molecule has 16 heavy (non-hydrogen) atoms. The van der Waals surface area contributed by atoms with Crippen LogP contribution in [-0.2, 0) is 0 Å². The third-order valence-corrected chi connectivity index (χ3v) is 2.89. The molecule has 0 fully saturated rings. The topological polar surface area (TPSA) is 0 Å². The molecule has 0 nitrogen and oxygen atoms in total. The zero-order valence-electron chi connectivity index (χ0n) is 10.6. The van der Waals surface area contributed by atoms with Crippen molar-refractivity contribution in [2.24, 2.45) is 0 Å². The van der Waals surface area contributed by atoms with E-state index in [4.69, 9.17) is 0 Å². The summed E-state index contributed by atoms with van der Waals surface area (Å²) in [5.74, 6) is 0.536. The van der Waals surface area contributed by atoms with Crippen LogP contribution in [0.2, 0.25) is 0 Å². The van der Waals surface area contributed by atoms with Gasteiger partial charge in [0.15, 0.2) is 0 Å². The van der Waals surface area contributed by atoms with Gasteiger partial charge in [-0.1, -0.05) is 62.4 Å². The molecule has 0 heterocycles. The Balaban J connectivity index is 2.93. The molecule has 0 saturated heterocycles. The van der Waals surface area contributed by atoms with Crippen LogP contribution < -0.4 is 0 Å². The van der Waals surface area contributed by atoms with E-state index in [1.165, 1.54) is 11.1 Å². The molecule has 1 rings (SSSR count). The van der Waals surface area contributed by atoms with E-state index >= 15 is 0 Å². The zero-order valence-corrected chi connectivity index (χ0v) is 10.6. The highest BCUT2D eigenvalue weighted by Crippen LogP contribution is 2.28. The van der Waals surface area contributed by atoms with Crippen LogP contribution in [0.25, 0.3) is 0 Å². The van der Waals surface area contributed by atoms with Crippen molar-refractivity contribution < 1.29 is 0 Å². The Morgan fingerprint density at radius 3 is 2.38 bits per heavy atom. The molecule has 0 saturated carbocycles. The van der Waals surface area contributed by atoms with E-state index in [0.717, 1.165) is 12.8 Å². The van der Waals surface area contributed by atoms with Crippen LogP contribution in [0.5, 0.6) is 0 Å². The third-order valence-electron chi connectivity index (χ3n) is 2.89. The summed E-state index contributed by atoms with van der Waals surface area (Å²) in [6, 6.07) is 10.8. The monoisotopic (exact) mass is 214 g/mol. The lowest BCUT2D eigenvalue weighted by Gasteiger charge is -2.16. The molecule has 1 aromatic rings. The first-order valence-electron chi connectivity index (χ1n) is 6.21. The van der Waals surface area contributed by atoms with Gasteiger partial charge >= 0.3 is 0 Å². The van der Waals surface area contributed by atoms with E-state index in [0.29, 0.717) is 5.92 Å². The van der Waals surface area contributed by atoms with Crippen molar-refractivity contribution in [3.63, 3.8) is 0 Å². The quantitative estimate of drug-likeness (QED) is 0.599. The van der Waals surface area contributed by atoms with E-state index < -0.39 is 0 Å². The molecule has 0 spiro atoms. The summed E-state index contributed by atoms with van der Waals surface area (Å²) in [7, 11) is 0. The number of allylic oxidation sites excluding steroid dienone is 4. The molecular weight excluding hydrogens is 192 g/mol. The van der Waals surface area contributed by atoms with Crippen LogP contribution in [0.15, 0.2) is 54.1 Å². The molecule has 0 aromatic heterocycles. The summed E-state index contributed by atoms with van der Waals surface area (Å²) in [5, 5.41) is 0. The average Bonchev–Trinajstić information content (AvgIpc) is 2.35. The number of rotatable bonds is 5. The molecule has 0 aliphatic rings. The Morgan fingerprint density at radius 1 is 1.19 bits per heavy atom. The fraction of sp³-hybridized carbons (Fsp3) is 0.375. The van der Waals surface area contributed by atoms with Gasteiger partial charge in [-0.3, -0.25) is 0 Å². The second kappa shape index (κ2) is 7.05.